The summed E-state index contributed by atoms with van der Waals surface area (Å²) >= 11 is 7.35. The van der Waals surface area contributed by atoms with Crippen molar-refractivity contribution in [1.29, 1.82) is 0 Å². The van der Waals surface area contributed by atoms with Crippen molar-refractivity contribution >= 4 is 51.4 Å². The first kappa shape index (κ1) is 29.2. The van der Waals surface area contributed by atoms with E-state index in [4.69, 9.17) is 21.1 Å². The Morgan fingerprint density at radius 1 is 1.05 bits per heavy atom. The van der Waals surface area contributed by atoms with Crippen LogP contribution in [-0.4, -0.2) is 30.1 Å². The summed E-state index contributed by atoms with van der Waals surface area (Å²) in [7, 11) is 0. The molecule has 0 radical (unpaired) electrons. The van der Waals surface area contributed by atoms with E-state index in [0.717, 1.165) is 42.5 Å². The molecule has 4 rings (SSSR count). The molecule has 0 fully saturated rings. The molecule has 40 heavy (non-hydrogen) atoms. The molecule has 2 amide bonds. The van der Waals surface area contributed by atoms with Crippen LogP contribution in [0.15, 0.2) is 47.6 Å². The van der Waals surface area contributed by atoms with Gasteiger partial charge in [-0.25, -0.2) is 14.6 Å². The van der Waals surface area contributed by atoms with Crippen molar-refractivity contribution in [2.24, 2.45) is 5.10 Å². The maximum Gasteiger partial charge on any atom is 0.341 e. The Hall–Kier alpha value is -3.76. The lowest BCUT2D eigenvalue weighted by Crippen LogP contribution is -2.33. The Balaban J connectivity index is 1.38. The molecule has 2 N–H and O–H groups in total. The smallest absolute Gasteiger partial charge is 0.341 e. The summed E-state index contributed by atoms with van der Waals surface area (Å²) in [5.74, 6) is -2.37. The van der Waals surface area contributed by atoms with E-state index in [1.165, 1.54) is 23.5 Å². The molecule has 210 valence electrons. The van der Waals surface area contributed by atoms with Crippen molar-refractivity contribution in [3.63, 3.8) is 0 Å². The van der Waals surface area contributed by atoms with Crippen LogP contribution in [0.4, 0.5) is 9.39 Å². The third-order valence-corrected chi connectivity index (χ3v) is 7.94. The number of thiophene rings is 1. The summed E-state index contributed by atoms with van der Waals surface area (Å²) < 4.78 is 24.8. The lowest BCUT2D eigenvalue weighted by molar-refractivity contribution is -0.136. The van der Waals surface area contributed by atoms with E-state index in [1.54, 1.807) is 44.2 Å². The van der Waals surface area contributed by atoms with Crippen molar-refractivity contribution in [1.82, 2.24) is 5.43 Å². The van der Waals surface area contributed by atoms with Gasteiger partial charge in [0, 0.05) is 10.4 Å². The minimum Gasteiger partial charge on any atom is -0.489 e. The fraction of sp³-hybridized carbons (Fsp3) is 0.310. The quantitative estimate of drug-likeness (QED) is 0.110. The second-order valence-electron chi connectivity index (χ2n) is 9.09. The van der Waals surface area contributed by atoms with Gasteiger partial charge >= 0.3 is 17.8 Å². The molecule has 1 heterocycles. The van der Waals surface area contributed by atoms with Crippen molar-refractivity contribution in [3.8, 4) is 5.75 Å². The Morgan fingerprint density at radius 2 is 1.80 bits per heavy atom. The van der Waals surface area contributed by atoms with Crippen molar-refractivity contribution < 1.29 is 28.2 Å². The molecular formula is C29H29ClFN3O5S. The lowest BCUT2D eigenvalue weighted by Gasteiger charge is -2.10. The standard InChI is InChI=1S/C29H29ClFN3O5S/c1-3-38-29(37)25-20-8-5-4-6-11-24(20)40-28(25)32-26(35)27(36)34-33-17(2)18-12-14-19(15-13-18)39-16-21-22(30)9-7-10-23(21)31/h7,9-10,12-15H,3-6,8,11,16H2,1-2H3,(H,32,35)(H,34,36)/b33-17+. The summed E-state index contributed by atoms with van der Waals surface area (Å²) in [6.07, 6.45) is 4.57. The lowest BCUT2D eigenvalue weighted by atomic mass is 10.1. The first-order valence-corrected chi connectivity index (χ1v) is 14.1. The zero-order chi connectivity index (χ0) is 28.6. The fourth-order valence-corrected chi connectivity index (χ4v) is 5.77. The molecule has 0 saturated heterocycles. The number of hydrogen-bond donors (Lipinski definition) is 2. The van der Waals surface area contributed by atoms with Crippen LogP contribution in [-0.2, 0) is 33.8 Å². The highest BCUT2D eigenvalue weighted by molar-refractivity contribution is 7.17. The number of carbonyl (C=O) groups excluding carboxylic acids is 3. The summed E-state index contributed by atoms with van der Waals surface area (Å²) in [5, 5.41) is 7.21. The van der Waals surface area contributed by atoms with Crippen LogP contribution in [0.2, 0.25) is 5.02 Å². The van der Waals surface area contributed by atoms with Crippen LogP contribution in [0.3, 0.4) is 0 Å². The van der Waals surface area contributed by atoms with E-state index in [-0.39, 0.29) is 23.8 Å². The average molecular weight is 586 g/mol. The summed E-state index contributed by atoms with van der Waals surface area (Å²) in [5.41, 5.74) is 4.87. The number of aryl methyl sites for hydroxylation is 1. The van der Waals surface area contributed by atoms with Gasteiger partial charge < -0.3 is 14.8 Å². The van der Waals surface area contributed by atoms with Gasteiger partial charge in [-0.1, -0.05) is 24.1 Å². The molecule has 2 aromatic carbocycles. The molecule has 1 aliphatic carbocycles. The molecule has 0 spiro atoms. The van der Waals surface area contributed by atoms with Crippen LogP contribution >= 0.6 is 22.9 Å². The van der Waals surface area contributed by atoms with Crippen molar-refractivity contribution in [2.45, 2.75) is 52.6 Å². The maximum absolute atomic E-state index is 13.9. The number of halogens is 2. The fourth-order valence-electron chi connectivity index (χ4n) is 4.28. The predicted octanol–water partition coefficient (Wildman–Crippen LogP) is 6.04. The van der Waals surface area contributed by atoms with Gasteiger partial charge in [0.15, 0.2) is 0 Å². The van der Waals surface area contributed by atoms with Gasteiger partial charge in [0.25, 0.3) is 0 Å². The molecule has 0 bridgehead atoms. The number of ether oxygens (including phenoxy) is 2. The summed E-state index contributed by atoms with van der Waals surface area (Å²) in [4.78, 5) is 38.9. The molecule has 0 atom stereocenters. The van der Waals surface area contributed by atoms with E-state index in [0.29, 0.717) is 27.6 Å². The minimum absolute atomic E-state index is 0.0335. The monoisotopic (exact) mass is 585 g/mol. The van der Waals surface area contributed by atoms with Gasteiger partial charge in [0.2, 0.25) is 0 Å². The highest BCUT2D eigenvalue weighted by atomic mass is 35.5. The number of esters is 1. The topological polar surface area (TPSA) is 106 Å². The number of nitrogens with one attached hydrogen (secondary N) is 2. The van der Waals surface area contributed by atoms with E-state index < -0.39 is 23.6 Å². The molecule has 0 saturated carbocycles. The zero-order valence-electron chi connectivity index (χ0n) is 22.1. The van der Waals surface area contributed by atoms with Crippen LogP contribution in [0.1, 0.15) is 65.0 Å². The normalized spacial score (nSPS) is 13.2. The van der Waals surface area contributed by atoms with Crippen LogP contribution in [0, 0.1) is 5.82 Å². The Labute approximate surface area is 240 Å². The number of nitrogens with zero attached hydrogens (tertiary/aromatic N) is 1. The molecule has 11 heteroatoms. The Bertz CT molecular complexity index is 1420. The number of amides is 2. The number of hydrogen-bond acceptors (Lipinski definition) is 7. The first-order chi connectivity index (χ1) is 19.3. The van der Waals surface area contributed by atoms with E-state index in [9.17, 15) is 18.8 Å². The molecule has 3 aromatic rings. The van der Waals surface area contributed by atoms with Gasteiger partial charge in [0.05, 0.1) is 22.9 Å². The highest BCUT2D eigenvalue weighted by Gasteiger charge is 2.28. The Kier molecular flexibility index (Phi) is 9.89. The number of fused-ring (bicyclic) bond motifs is 1. The van der Waals surface area contributed by atoms with E-state index in [1.807, 2.05) is 0 Å². The van der Waals surface area contributed by atoms with Gasteiger partial charge in [-0.2, -0.15) is 5.10 Å². The SMILES string of the molecule is CCOC(=O)c1c(NC(=O)C(=O)N/N=C(\C)c2ccc(OCc3c(F)cccc3Cl)cc2)sc2c1CCCCC2. The molecule has 1 aromatic heterocycles. The molecule has 8 nitrogen and oxygen atoms in total. The second kappa shape index (κ2) is 13.5. The van der Waals surface area contributed by atoms with Gasteiger partial charge in [-0.05, 0) is 87.1 Å². The van der Waals surface area contributed by atoms with Crippen LogP contribution in [0.25, 0.3) is 0 Å². The number of carbonyl (C=O) groups is 3. The number of anilines is 1. The molecule has 0 aliphatic heterocycles. The van der Waals surface area contributed by atoms with Crippen molar-refractivity contribution in [2.75, 3.05) is 11.9 Å². The van der Waals surface area contributed by atoms with E-state index in [2.05, 4.69) is 15.8 Å². The third kappa shape index (κ3) is 7.05. The minimum atomic E-state index is -0.973. The second-order valence-corrected chi connectivity index (χ2v) is 10.6. The number of benzene rings is 2. The summed E-state index contributed by atoms with van der Waals surface area (Å²) in [6.45, 7) is 3.56. The average Bonchev–Trinajstić information content (AvgIpc) is 3.11. The highest BCUT2D eigenvalue weighted by Crippen LogP contribution is 2.38. The number of rotatable bonds is 8. The number of hydrazone groups is 1. The van der Waals surface area contributed by atoms with Crippen LogP contribution < -0.4 is 15.5 Å². The third-order valence-electron chi connectivity index (χ3n) is 6.38. The van der Waals surface area contributed by atoms with Crippen molar-refractivity contribution in [3.05, 3.63) is 80.4 Å². The van der Waals surface area contributed by atoms with Gasteiger partial charge in [-0.15, -0.1) is 11.3 Å². The predicted molar refractivity (Wildman–Crippen MR) is 153 cm³/mol. The molecular weight excluding hydrogens is 557 g/mol. The largest absolute Gasteiger partial charge is 0.489 e. The van der Waals surface area contributed by atoms with Gasteiger partial charge in [0.1, 0.15) is 23.2 Å². The maximum atomic E-state index is 13.9. The summed E-state index contributed by atoms with van der Waals surface area (Å²) in [6, 6.07) is 11.2. The first-order valence-electron chi connectivity index (χ1n) is 12.9. The van der Waals surface area contributed by atoms with Gasteiger partial charge in [-0.3, -0.25) is 9.59 Å². The van der Waals surface area contributed by atoms with E-state index >= 15 is 0 Å². The van der Waals surface area contributed by atoms with Crippen LogP contribution in [0.5, 0.6) is 5.75 Å². The molecule has 0 unspecified atom stereocenters. The molecule has 1 aliphatic rings. The Morgan fingerprint density at radius 3 is 2.52 bits per heavy atom. The zero-order valence-corrected chi connectivity index (χ0v) is 23.7.